The van der Waals surface area contributed by atoms with Crippen LogP contribution in [-0.2, 0) is 9.59 Å². The summed E-state index contributed by atoms with van der Waals surface area (Å²) in [5.74, 6) is 0.291. The minimum atomic E-state index is -0.0353. The van der Waals surface area contributed by atoms with Crippen molar-refractivity contribution in [3.8, 4) is 0 Å². The molecule has 2 aliphatic rings. The second-order valence-electron chi connectivity index (χ2n) is 7.30. The Morgan fingerprint density at radius 1 is 1.48 bits per heavy atom. The number of aromatic nitrogens is 2. The predicted octanol–water partition coefficient (Wildman–Crippen LogP) is 1.58. The van der Waals surface area contributed by atoms with Crippen molar-refractivity contribution in [1.82, 2.24) is 20.0 Å². The Hall–Kier alpha value is -1.85. The van der Waals surface area contributed by atoms with E-state index < -0.39 is 0 Å². The highest BCUT2D eigenvalue weighted by atomic mass is 16.2. The quantitative estimate of drug-likeness (QED) is 0.920. The van der Waals surface area contributed by atoms with Gasteiger partial charge in [-0.2, -0.15) is 5.10 Å². The van der Waals surface area contributed by atoms with Gasteiger partial charge in [0.15, 0.2) is 0 Å². The number of hydrogen-bond acceptors (Lipinski definition) is 3. The van der Waals surface area contributed by atoms with Gasteiger partial charge >= 0.3 is 0 Å². The van der Waals surface area contributed by atoms with E-state index in [2.05, 4.69) is 10.4 Å². The van der Waals surface area contributed by atoms with Crippen LogP contribution in [-0.4, -0.2) is 46.1 Å². The van der Waals surface area contributed by atoms with Crippen LogP contribution in [0.3, 0.4) is 0 Å². The minimum absolute atomic E-state index is 0.0353. The van der Waals surface area contributed by atoms with Gasteiger partial charge in [-0.25, -0.2) is 0 Å². The summed E-state index contributed by atoms with van der Waals surface area (Å²) in [6.07, 6.45) is 3.03. The van der Waals surface area contributed by atoms with Crippen molar-refractivity contribution >= 4 is 11.8 Å². The smallest absolute Gasteiger partial charge is 0.224 e. The molecule has 126 valence electrons. The van der Waals surface area contributed by atoms with Crippen LogP contribution in [0.1, 0.15) is 50.0 Å². The zero-order chi connectivity index (χ0) is 16.6. The van der Waals surface area contributed by atoms with Crippen molar-refractivity contribution in [3.05, 3.63) is 17.5 Å². The summed E-state index contributed by atoms with van der Waals surface area (Å²) >= 11 is 0. The topological polar surface area (TPSA) is 67.2 Å². The first kappa shape index (κ1) is 16.0. The van der Waals surface area contributed by atoms with Gasteiger partial charge in [-0.1, -0.05) is 0 Å². The fourth-order valence-corrected chi connectivity index (χ4v) is 4.02. The fourth-order valence-electron chi connectivity index (χ4n) is 4.02. The van der Waals surface area contributed by atoms with Crippen LogP contribution in [0.15, 0.2) is 6.07 Å². The lowest BCUT2D eigenvalue weighted by molar-refractivity contribution is -0.135. The summed E-state index contributed by atoms with van der Waals surface area (Å²) in [6.45, 7) is 8.25. The largest absolute Gasteiger partial charge is 0.355 e. The van der Waals surface area contributed by atoms with E-state index in [0.29, 0.717) is 25.9 Å². The number of aryl methyl sites for hydroxylation is 2. The number of piperidine rings is 1. The van der Waals surface area contributed by atoms with Crippen molar-refractivity contribution in [1.29, 1.82) is 0 Å². The minimum Gasteiger partial charge on any atom is -0.355 e. The first-order valence-electron chi connectivity index (χ1n) is 8.46. The number of hydrogen-bond donors (Lipinski definition) is 1. The molecule has 23 heavy (non-hydrogen) atoms. The van der Waals surface area contributed by atoms with Crippen LogP contribution in [0.5, 0.6) is 0 Å². The maximum Gasteiger partial charge on any atom is 0.224 e. The maximum atomic E-state index is 12.7. The van der Waals surface area contributed by atoms with E-state index in [1.54, 1.807) is 0 Å². The Labute approximate surface area is 137 Å². The second kappa shape index (κ2) is 5.98. The molecule has 3 rings (SSSR count). The SMILES string of the molecule is Cc1cc(C)n(C(C)CC(=O)N2CCCC3(CNC(=O)C3)C2)n1. The molecule has 0 aromatic carbocycles. The number of carbonyl (C=O) groups is 2. The van der Waals surface area contributed by atoms with E-state index in [1.807, 2.05) is 36.4 Å². The Morgan fingerprint density at radius 2 is 2.26 bits per heavy atom. The molecule has 2 saturated heterocycles. The van der Waals surface area contributed by atoms with Crippen molar-refractivity contribution in [3.63, 3.8) is 0 Å². The zero-order valence-electron chi connectivity index (χ0n) is 14.3. The number of nitrogens with one attached hydrogen (secondary N) is 1. The molecule has 2 fully saturated rings. The number of carbonyl (C=O) groups excluding carboxylic acids is 2. The number of rotatable bonds is 3. The molecule has 1 N–H and O–H groups in total. The fraction of sp³-hybridized carbons (Fsp3) is 0.706. The lowest BCUT2D eigenvalue weighted by Gasteiger charge is -2.39. The van der Waals surface area contributed by atoms with E-state index in [9.17, 15) is 9.59 Å². The highest BCUT2D eigenvalue weighted by molar-refractivity contribution is 5.80. The molecule has 3 heterocycles. The Morgan fingerprint density at radius 3 is 2.87 bits per heavy atom. The zero-order valence-corrected chi connectivity index (χ0v) is 14.3. The summed E-state index contributed by atoms with van der Waals surface area (Å²) in [5, 5.41) is 7.41. The van der Waals surface area contributed by atoms with E-state index in [1.165, 1.54) is 0 Å². The molecule has 6 nitrogen and oxygen atoms in total. The highest BCUT2D eigenvalue weighted by Gasteiger charge is 2.42. The number of nitrogens with zero attached hydrogens (tertiary/aromatic N) is 3. The molecule has 1 aromatic heterocycles. The molecule has 2 unspecified atom stereocenters. The monoisotopic (exact) mass is 318 g/mol. The van der Waals surface area contributed by atoms with E-state index >= 15 is 0 Å². The summed E-state index contributed by atoms with van der Waals surface area (Å²) in [7, 11) is 0. The van der Waals surface area contributed by atoms with Gasteiger partial charge in [-0.3, -0.25) is 14.3 Å². The van der Waals surface area contributed by atoms with Crippen LogP contribution in [0.4, 0.5) is 0 Å². The standard InChI is InChI=1S/C17H26N4O2/c1-12-7-13(2)21(19-12)14(3)8-16(23)20-6-4-5-17(11-20)9-15(22)18-10-17/h7,14H,4-6,8-11H2,1-3H3,(H,18,22). The first-order chi connectivity index (χ1) is 10.9. The van der Waals surface area contributed by atoms with E-state index in [-0.39, 0.29) is 23.3 Å². The normalized spacial score (nSPS) is 25.7. The molecule has 1 aromatic rings. The molecule has 0 aliphatic carbocycles. The molecule has 2 amide bonds. The highest BCUT2D eigenvalue weighted by Crippen LogP contribution is 2.36. The summed E-state index contributed by atoms with van der Waals surface area (Å²) in [6, 6.07) is 2.09. The average Bonchev–Trinajstić information content (AvgIpc) is 3.01. The Kier molecular flexibility index (Phi) is 4.17. The van der Waals surface area contributed by atoms with Crippen molar-refractivity contribution < 1.29 is 9.59 Å². The third-order valence-corrected chi connectivity index (χ3v) is 5.14. The molecule has 1 spiro atoms. The molecule has 2 atom stereocenters. The van der Waals surface area contributed by atoms with Crippen molar-refractivity contribution in [2.45, 2.75) is 52.5 Å². The van der Waals surface area contributed by atoms with Gasteiger partial charge in [0.05, 0.1) is 11.7 Å². The molecule has 0 radical (unpaired) electrons. The van der Waals surface area contributed by atoms with Crippen LogP contribution < -0.4 is 5.32 Å². The van der Waals surface area contributed by atoms with Crippen LogP contribution in [0.25, 0.3) is 0 Å². The van der Waals surface area contributed by atoms with Gasteiger partial charge in [-0.15, -0.1) is 0 Å². The van der Waals surface area contributed by atoms with E-state index in [0.717, 1.165) is 30.8 Å². The summed E-state index contributed by atoms with van der Waals surface area (Å²) < 4.78 is 1.94. The first-order valence-corrected chi connectivity index (χ1v) is 8.46. The maximum absolute atomic E-state index is 12.7. The van der Waals surface area contributed by atoms with Gasteiger partial charge in [0, 0.05) is 43.6 Å². The van der Waals surface area contributed by atoms with Gasteiger partial charge < -0.3 is 10.2 Å². The third kappa shape index (κ3) is 3.26. The summed E-state index contributed by atoms with van der Waals surface area (Å²) in [4.78, 5) is 26.2. The second-order valence-corrected chi connectivity index (χ2v) is 7.30. The molecule has 6 heteroatoms. The lowest BCUT2D eigenvalue weighted by Crippen LogP contribution is -2.47. The Bertz CT molecular complexity index is 624. The summed E-state index contributed by atoms with van der Waals surface area (Å²) in [5.41, 5.74) is 2.03. The van der Waals surface area contributed by atoms with Crippen molar-refractivity contribution in [2.24, 2.45) is 5.41 Å². The van der Waals surface area contributed by atoms with Gasteiger partial charge in [0.2, 0.25) is 11.8 Å². The Balaban J connectivity index is 1.64. The van der Waals surface area contributed by atoms with Crippen LogP contribution >= 0.6 is 0 Å². The molecular formula is C17H26N4O2. The lowest BCUT2D eigenvalue weighted by atomic mass is 9.79. The van der Waals surface area contributed by atoms with Crippen LogP contribution in [0, 0.1) is 19.3 Å². The predicted molar refractivity (Wildman–Crippen MR) is 86.9 cm³/mol. The number of likely N-dealkylation sites (tertiary alicyclic amines) is 1. The average molecular weight is 318 g/mol. The van der Waals surface area contributed by atoms with Gasteiger partial charge in [0.25, 0.3) is 0 Å². The van der Waals surface area contributed by atoms with E-state index in [4.69, 9.17) is 0 Å². The van der Waals surface area contributed by atoms with Crippen molar-refractivity contribution in [2.75, 3.05) is 19.6 Å². The molecular weight excluding hydrogens is 292 g/mol. The molecule has 2 aliphatic heterocycles. The van der Waals surface area contributed by atoms with Crippen LogP contribution in [0.2, 0.25) is 0 Å². The molecule has 0 bridgehead atoms. The third-order valence-electron chi connectivity index (χ3n) is 5.14. The number of amides is 2. The van der Waals surface area contributed by atoms with Gasteiger partial charge in [-0.05, 0) is 39.7 Å². The molecule has 0 saturated carbocycles. The van der Waals surface area contributed by atoms with Gasteiger partial charge in [0.1, 0.15) is 0 Å².